The highest BCUT2D eigenvalue weighted by molar-refractivity contribution is 8.01. The fraction of sp³-hybridized carbons (Fsp3) is 0.316. The molecule has 0 saturated heterocycles. The van der Waals surface area contributed by atoms with Crippen LogP contribution in [0.3, 0.4) is 0 Å². The van der Waals surface area contributed by atoms with Gasteiger partial charge in [0.15, 0.2) is 0 Å². The Morgan fingerprint density at radius 1 is 1.32 bits per heavy atom. The summed E-state index contributed by atoms with van der Waals surface area (Å²) < 4.78 is 20.1. The van der Waals surface area contributed by atoms with Crippen molar-refractivity contribution in [3.63, 3.8) is 0 Å². The third-order valence-electron chi connectivity index (χ3n) is 4.19. The molecule has 2 nitrogen and oxygen atoms in total. The largest absolute Gasteiger partial charge is 0.496 e. The Morgan fingerprint density at radius 2 is 2.08 bits per heavy atom. The summed E-state index contributed by atoms with van der Waals surface area (Å²) in [5.74, 6) is 1.34. The fourth-order valence-electron chi connectivity index (χ4n) is 3.20. The molecular weight excluding hydrogens is 377 g/mol. The van der Waals surface area contributed by atoms with Gasteiger partial charge in [0.1, 0.15) is 11.6 Å². The summed E-state index contributed by atoms with van der Waals surface area (Å²) >= 11 is 13.2. The highest BCUT2D eigenvalue weighted by atomic mass is 35.5. The van der Waals surface area contributed by atoms with Crippen LogP contribution in [-0.2, 0) is 0 Å². The number of thioether (sulfide) groups is 1. The number of thiocarbonyl (C=S) groups is 1. The molecule has 1 aliphatic rings. The lowest BCUT2D eigenvalue weighted by atomic mass is 9.91. The summed E-state index contributed by atoms with van der Waals surface area (Å²) in [6.07, 6.45) is 0. The van der Waals surface area contributed by atoms with E-state index in [1.165, 1.54) is 6.07 Å². The van der Waals surface area contributed by atoms with Gasteiger partial charge in [0.05, 0.1) is 23.0 Å². The Balaban J connectivity index is 2.24. The first-order valence-electron chi connectivity index (χ1n) is 7.99. The molecule has 0 aromatic heterocycles. The van der Waals surface area contributed by atoms with Crippen molar-refractivity contribution in [1.29, 1.82) is 0 Å². The zero-order chi connectivity index (χ0) is 18.1. The van der Waals surface area contributed by atoms with E-state index < -0.39 is 0 Å². The van der Waals surface area contributed by atoms with Crippen molar-refractivity contribution in [2.75, 3.05) is 18.2 Å². The van der Waals surface area contributed by atoms with E-state index in [2.05, 4.69) is 25.2 Å². The second kappa shape index (κ2) is 7.52. The van der Waals surface area contributed by atoms with Gasteiger partial charge in [-0.15, -0.1) is 11.8 Å². The molecule has 3 rings (SSSR count). The molecule has 0 radical (unpaired) electrons. The number of hydrogen-bond donors (Lipinski definition) is 1. The third kappa shape index (κ3) is 3.64. The number of fused-ring (bicyclic) bond motifs is 1. The predicted octanol–water partition coefficient (Wildman–Crippen LogP) is 6.19. The Morgan fingerprint density at radius 3 is 2.76 bits per heavy atom. The van der Waals surface area contributed by atoms with E-state index in [-0.39, 0.29) is 17.0 Å². The van der Waals surface area contributed by atoms with Gasteiger partial charge in [0, 0.05) is 16.3 Å². The smallest absolute Gasteiger partial charge is 0.148 e. The molecule has 1 N–H and O–H groups in total. The van der Waals surface area contributed by atoms with E-state index >= 15 is 0 Å². The first-order chi connectivity index (χ1) is 11.9. The Hall–Kier alpha value is -1.30. The molecule has 25 heavy (non-hydrogen) atoms. The van der Waals surface area contributed by atoms with Gasteiger partial charge in [-0.25, -0.2) is 4.39 Å². The van der Waals surface area contributed by atoms with Crippen molar-refractivity contribution in [2.45, 2.75) is 25.0 Å². The molecule has 0 spiro atoms. The second-order valence-electron chi connectivity index (χ2n) is 6.21. The van der Waals surface area contributed by atoms with Crippen LogP contribution < -0.4 is 10.1 Å². The van der Waals surface area contributed by atoms with Gasteiger partial charge in [0.25, 0.3) is 0 Å². The lowest BCUT2D eigenvalue weighted by molar-refractivity contribution is 0.407. The summed E-state index contributed by atoms with van der Waals surface area (Å²) in [4.78, 5) is 0.615. The van der Waals surface area contributed by atoms with Gasteiger partial charge in [-0.2, -0.15) is 0 Å². The van der Waals surface area contributed by atoms with Crippen LogP contribution in [-0.4, -0.2) is 17.9 Å². The Kier molecular flexibility index (Phi) is 5.56. The molecule has 0 unspecified atom stereocenters. The molecule has 2 aromatic carbocycles. The van der Waals surface area contributed by atoms with E-state index in [9.17, 15) is 4.39 Å². The monoisotopic (exact) mass is 395 g/mol. The van der Waals surface area contributed by atoms with Crippen molar-refractivity contribution in [3.05, 3.63) is 57.9 Å². The van der Waals surface area contributed by atoms with Gasteiger partial charge in [-0.1, -0.05) is 49.8 Å². The fourth-order valence-corrected chi connectivity index (χ4v) is 4.86. The quantitative estimate of drug-likeness (QED) is 0.625. The average molecular weight is 396 g/mol. The maximum absolute atomic E-state index is 14.5. The average Bonchev–Trinajstić information content (AvgIpc) is 2.73. The molecule has 1 atom stereocenters. The molecule has 2 aromatic rings. The normalized spacial score (nSPS) is 17.0. The minimum atomic E-state index is -0.383. The number of methoxy groups -OCH3 is 1. The van der Waals surface area contributed by atoms with Gasteiger partial charge in [-0.05, 0) is 35.2 Å². The molecule has 0 bridgehead atoms. The van der Waals surface area contributed by atoms with Crippen LogP contribution in [0.2, 0.25) is 5.02 Å². The maximum atomic E-state index is 14.5. The van der Waals surface area contributed by atoms with Crippen LogP contribution in [0.15, 0.2) is 30.3 Å². The van der Waals surface area contributed by atoms with Gasteiger partial charge < -0.3 is 10.1 Å². The zero-order valence-electron chi connectivity index (χ0n) is 14.2. The highest BCUT2D eigenvalue weighted by Gasteiger charge is 2.29. The van der Waals surface area contributed by atoms with Crippen molar-refractivity contribution in [2.24, 2.45) is 0 Å². The number of hydrogen-bond acceptors (Lipinski definition) is 3. The molecule has 0 amide bonds. The summed E-state index contributed by atoms with van der Waals surface area (Å²) in [5, 5.41) is 3.34. The van der Waals surface area contributed by atoms with Gasteiger partial charge in [-0.3, -0.25) is 0 Å². The summed E-state index contributed by atoms with van der Waals surface area (Å²) in [6, 6.07) is 9.15. The summed E-state index contributed by atoms with van der Waals surface area (Å²) in [7, 11) is 1.67. The maximum Gasteiger partial charge on any atom is 0.148 e. The van der Waals surface area contributed by atoms with E-state index in [0.717, 1.165) is 22.4 Å². The van der Waals surface area contributed by atoms with Crippen molar-refractivity contribution in [1.82, 2.24) is 0 Å². The summed E-state index contributed by atoms with van der Waals surface area (Å²) in [5.41, 5.74) is 3.46. The SMILES string of the molecule is COc1cccc([C@H]2SCC(=S)Nc3c(F)cc(Cl)cc32)c1C(C)C. The number of rotatable bonds is 3. The molecule has 1 heterocycles. The first-order valence-corrected chi connectivity index (χ1v) is 9.83. The third-order valence-corrected chi connectivity index (χ3v) is 6.14. The van der Waals surface area contributed by atoms with Crippen molar-refractivity contribution in [3.8, 4) is 5.75 Å². The van der Waals surface area contributed by atoms with Crippen molar-refractivity contribution >= 4 is 46.3 Å². The Bertz CT molecular complexity index is 825. The molecule has 0 saturated carbocycles. The minimum absolute atomic E-state index is 0.0800. The van der Waals surface area contributed by atoms with Gasteiger partial charge in [0.2, 0.25) is 0 Å². The van der Waals surface area contributed by atoms with Crippen LogP contribution in [0.4, 0.5) is 10.1 Å². The van der Waals surface area contributed by atoms with Crippen LogP contribution in [0.5, 0.6) is 5.75 Å². The number of anilines is 1. The lowest BCUT2D eigenvalue weighted by Crippen LogP contribution is -2.11. The molecule has 132 valence electrons. The topological polar surface area (TPSA) is 21.3 Å². The lowest BCUT2D eigenvalue weighted by Gasteiger charge is -2.24. The number of benzene rings is 2. The Labute approximate surface area is 162 Å². The molecule has 0 fully saturated rings. The van der Waals surface area contributed by atoms with Gasteiger partial charge >= 0.3 is 0 Å². The van der Waals surface area contributed by atoms with E-state index in [1.807, 2.05) is 18.2 Å². The van der Waals surface area contributed by atoms with Crippen LogP contribution >= 0.6 is 35.6 Å². The standard InChI is InChI=1S/C19H19ClFNOS2/c1-10(2)17-12(5-4-6-15(17)23-3)19-13-7-11(20)8-14(21)18(13)22-16(24)9-25-19/h4-8,10,19H,9H2,1-3H3,(H,22,24)/t19-/m1/s1. The highest BCUT2D eigenvalue weighted by Crippen LogP contribution is 2.47. The predicted molar refractivity (Wildman–Crippen MR) is 109 cm³/mol. The minimum Gasteiger partial charge on any atom is -0.496 e. The van der Waals surface area contributed by atoms with Crippen molar-refractivity contribution < 1.29 is 9.13 Å². The number of nitrogens with one attached hydrogen (secondary N) is 1. The molecule has 6 heteroatoms. The summed E-state index contributed by atoms with van der Waals surface area (Å²) in [6.45, 7) is 4.26. The molecule has 0 aliphatic carbocycles. The van der Waals surface area contributed by atoms with Crippen LogP contribution in [0.25, 0.3) is 0 Å². The van der Waals surface area contributed by atoms with Crippen LogP contribution in [0, 0.1) is 5.82 Å². The first kappa shape index (κ1) is 18.5. The van der Waals surface area contributed by atoms with Crippen LogP contribution in [0.1, 0.15) is 41.7 Å². The number of ether oxygens (including phenoxy) is 1. The van der Waals surface area contributed by atoms with E-state index in [0.29, 0.717) is 21.5 Å². The zero-order valence-corrected chi connectivity index (χ0v) is 16.6. The van der Waals surface area contributed by atoms with E-state index in [4.69, 9.17) is 28.6 Å². The molecule has 1 aliphatic heterocycles. The number of halogens is 2. The van der Waals surface area contributed by atoms with E-state index in [1.54, 1.807) is 18.9 Å². The molecular formula is C19H19ClFNOS2. The second-order valence-corrected chi connectivity index (χ2v) is 8.23.